The third-order valence-electron chi connectivity index (χ3n) is 7.79. The second kappa shape index (κ2) is 11.7. The smallest absolute Gasteiger partial charge is 0.167 e. The number of rotatable bonds is 8. The highest BCUT2D eigenvalue weighted by molar-refractivity contribution is 5.66. The number of hydrogen-bond acceptors (Lipinski definition) is 0. The first-order valence-electron chi connectivity index (χ1n) is 13.2. The van der Waals surface area contributed by atoms with Gasteiger partial charge in [0.05, 0.1) is 0 Å². The van der Waals surface area contributed by atoms with Crippen LogP contribution in [0.25, 0.3) is 11.1 Å². The van der Waals surface area contributed by atoms with Crippen LogP contribution in [0.1, 0.15) is 92.9 Å². The molecule has 6 heteroatoms. The molecule has 1 aliphatic carbocycles. The first kappa shape index (κ1) is 27.3. The van der Waals surface area contributed by atoms with Gasteiger partial charge in [-0.1, -0.05) is 63.1 Å². The van der Waals surface area contributed by atoms with E-state index in [2.05, 4.69) is 6.92 Å². The molecule has 3 aromatic carbocycles. The Morgan fingerprint density at radius 3 is 1.57 bits per heavy atom. The van der Waals surface area contributed by atoms with Crippen LogP contribution in [0.15, 0.2) is 36.4 Å². The summed E-state index contributed by atoms with van der Waals surface area (Å²) in [5, 5.41) is 0. The molecule has 198 valence electrons. The Morgan fingerprint density at radius 1 is 0.541 bits per heavy atom. The van der Waals surface area contributed by atoms with E-state index in [1.54, 1.807) is 19.1 Å². The lowest BCUT2D eigenvalue weighted by atomic mass is 9.75. The molecule has 0 atom stereocenters. The van der Waals surface area contributed by atoms with Crippen molar-refractivity contribution >= 4 is 0 Å². The molecule has 0 aromatic heterocycles. The van der Waals surface area contributed by atoms with Crippen LogP contribution in [0.5, 0.6) is 0 Å². The normalized spacial score (nSPS) is 17.8. The summed E-state index contributed by atoms with van der Waals surface area (Å²) in [6, 6.07) is 8.68. The number of unbranched alkanes of at least 4 members (excludes halogenated alkanes) is 2. The third kappa shape index (κ3) is 5.44. The Bertz CT molecular complexity index is 1260. The summed E-state index contributed by atoms with van der Waals surface area (Å²) >= 11 is 0. The molecule has 0 aliphatic heterocycles. The second-order valence-electron chi connectivity index (χ2n) is 10.0. The van der Waals surface area contributed by atoms with Gasteiger partial charge in [0.1, 0.15) is 0 Å². The minimum absolute atomic E-state index is 0.165. The van der Waals surface area contributed by atoms with Gasteiger partial charge in [0.2, 0.25) is 0 Å². The standard InChI is InChI=1S/C31H32F6/c1-3-5-6-7-21-13-14-22(28(34)27(21)33)19-8-10-20(11-9-19)23-16-17-25(31(37)29(23)35)24-15-12-18(4-2)26(32)30(24)36/h12-17,19-20H,3-11H2,1-2H3. The first-order chi connectivity index (χ1) is 17.8. The Balaban J connectivity index is 1.50. The van der Waals surface area contributed by atoms with Crippen LogP contribution in [-0.2, 0) is 12.8 Å². The monoisotopic (exact) mass is 518 g/mol. The number of benzene rings is 3. The molecule has 0 unspecified atom stereocenters. The molecule has 37 heavy (non-hydrogen) atoms. The summed E-state index contributed by atoms with van der Waals surface area (Å²) in [4.78, 5) is 0. The van der Waals surface area contributed by atoms with E-state index in [-0.39, 0.29) is 40.5 Å². The fourth-order valence-corrected chi connectivity index (χ4v) is 5.55. The first-order valence-corrected chi connectivity index (χ1v) is 13.2. The molecule has 0 heterocycles. The topological polar surface area (TPSA) is 0 Å². The molecular formula is C31H32F6. The van der Waals surface area contributed by atoms with Crippen LogP contribution < -0.4 is 0 Å². The quantitative estimate of drug-likeness (QED) is 0.206. The fourth-order valence-electron chi connectivity index (χ4n) is 5.55. The minimum atomic E-state index is -1.21. The van der Waals surface area contributed by atoms with Crippen molar-refractivity contribution < 1.29 is 26.3 Å². The summed E-state index contributed by atoms with van der Waals surface area (Å²) in [7, 11) is 0. The second-order valence-corrected chi connectivity index (χ2v) is 10.0. The average Bonchev–Trinajstić information content (AvgIpc) is 2.90. The molecule has 0 radical (unpaired) electrons. The SMILES string of the molecule is CCCCCc1ccc(C2CCC(c3ccc(-c4ccc(CC)c(F)c4F)c(F)c3F)CC2)c(F)c1F. The minimum Gasteiger partial charge on any atom is -0.203 e. The zero-order chi connectivity index (χ0) is 26.7. The summed E-state index contributed by atoms with van der Waals surface area (Å²) in [5.74, 6) is -6.63. The molecule has 0 bridgehead atoms. The lowest BCUT2D eigenvalue weighted by Crippen LogP contribution is -2.15. The van der Waals surface area contributed by atoms with E-state index in [0.717, 1.165) is 19.3 Å². The summed E-state index contributed by atoms with van der Waals surface area (Å²) in [6.07, 6.45) is 5.53. The molecule has 1 saturated carbocycles. The summed E-state index contributed by atoms with van der Waals surface area (Å²) in [5.41, 5.74) is 0.413. The average molecular weight is 519 g/mol. The van der Waals surface area contributed by atoms with Crippen LogP contribution in [0.4, 0.5) is 26.3 Å². The maximum atomic E-state index is 15.1. The van der Waals surface area contributed by atoms with Crippen molar-refractivity contribution in [3.8, 4) is 11.1 Å². The number of hydrogen-bond donors (Lipinski definition) is 0. The molecule has 3 aromatic rings. The van der Waals surface area contributed by atoms with Crippen molar-refractivity contribution in [3.63, 3.8) is 0 Å². The summed E-state index contributed by atoms with van der Waals surface area (Å²) in [6.45, 7) is 3.73. The predicted octanol–water partition coefficient (Wildman–Crippen LogP) is 9.92. The van der Waals surface area contributed by atoms with Gasteiger partial charge < -0.3 is 0 Å². The van der Waals surface area contributed by atoms with E-state index in [4.69, 9.17) is 0 Å². The van der Waals surface area contributed by atoms with Gasteiger partial charge in [-0.05, 0) is 79.0 Å². The van der Waals surface area contributed by atoms with Crippen molar-refractivity contribution in [1.82, 2.24) is 0 Å². The largest absolute Gasteiger partial charge is 0.203 e. The molecule has 4 rings (SSSR count). The highest BCUT2D eigenvalue weighted by Gasteiger charge is 2.30. The molecule has 0 saturated heterocycles. The van der Waals surface area contributed by atoms with Gasteiger partial charge in [-0.3, -0.25) is 0 Å². The Morgan fingerprint density at radius 2 is 1.00 bits per heavy atom. The van der Waals surface area contributed by atoms with E-state index in [9.17, 15) is 17.6 Å². The van der Waals surface area contributed by atoms with Crippen molar-refractivity contribution in [3.05, 3.63) is 93.6 Å². The van der Waals surface area contributed by atoms with Crippen molar-refractivity contribution in [2.75, 3.05) is 0 Å². The maximum absolute atomic E-state index is 15.1. The molecule has 0 N–H and O–H groups in total. The van der Waals surface area contributed by atoms with Gasteiger partial charge in [0.25, 0.3) is 0 Å². The van der Waals surface area contributed by atoms with E-state index in [0.29, 0.717) is 43.2 Å². The van der Waals surface area contributed by atoms with Crippen LogP contribution in [0, 0.1) is 34.9 Å². The molecule has 0 nitrogen and oxygen atoms in total. The van der Waals surface area contributed by atoms with Crippen LogP contribution in [0.2, 0.25) is 0 Å². The lowest BCUT2D eigenvalue weighted by Gasteiger charge is -2.30. The van der Waals surface area contributed by atoms with Gasteiger partial charge in [-0.2, -0.15) is 0 Å². The van der Waals surface area contributed by atoms with Crippen molar-refractivity contribution in [2.45, 2.75) is 83.5 Å². The molecular weight excluding hydrogens is 486 g/mol. The third-order valence-corrected chi connectivity index (χ3v) is 7.79. The maximum Gasteiger partial charge on any atom is 0.167 e. The van der Waals surface area contributed by atoms with Gasteiger partial charge in [-0.15, -0.1) is 0 Å². The lowest BCUT2D eigenvalue weighted by molar-refractivity contribution is 0.369. The zero-order valence-electron chi connectivity index (χ0n) is 21.3. The van der Waals surface area contributed by atoms with Gasteiger partial charge in [-0.25, -0.2) is 26.3 Å². The van der Waals surface area contributed by atoms with Crippen molar-refractivity contribution in [2.24, 2.45) is 0 Å². The highest BCUT2D eigenvalue weighted by Crippen LogP contribution is 2.43. The molecule has 0 amide bonds. The van der Waals surface area contributed by atoms with Gasteiger partial charge in [0.15, 0.2) is 34.9 Å². The zero-order valence-corrected chi connectivity index (χ0v) is 21.3. The number of aryl methyl sites for hydroxylation is 2. The Kier molecular flexibility index (Phi) is 8.66. The van der Waals surface area contributed by atoms with E-state index in [1.165, 1.54) is 24.3 Å². The molecule has 1 fully saturated rings. The molecule has 1 aliphatic rings. The van der Waals surface area contributed by atoms with E-state index < -0.39 is 34.9 Å². The predicted molar refractivity (Wildman–Crippen MR) is 135 cm³/mol. The van der Waals surface area contributed by atoms with Gasteiger partial charge in [0, 0.05) is 11.1 Å². The Hall–Kier alpha value is -2.76. The number of halogens is 6. The highest BCUT2D eigenvalue weighted by atomic mass is 19.2. The van der Waals surface area contributed by atoms with E-state index in [1.807, 2.05) is 0 Å². The summed E-state index contributed by atoms with van der Waals surface area (Å²) < 4.78 is 88.4. The molecule has 0 spiro atoms. The Labute approximate surface area is 214 Å². The van der Waals surface area contributed by atoms with Crippen LogP contribution in [0.3, 0.4) is 0 Å². The van der Waals surface area contributed by atoms with E-state index >= 15 is 8.78 Å². The van der Waals surface area contributed by atoms with Crippen LogP contribution in [-0.4, -0.2) is 0 Å². The van der Waals surface area contributed by atoms with Crippen LogP contribution >= 0.6 is 0 Å². The van der Waals surface area contributed by atoms with Crippen molar-refractivity contribution in [1.29, 1.82) is 0 Å². The van der Waals surface area contributed by atoms with Gasteiger partial charge >= 0.3 is 0 Å². The fraction of sp³-hybridized carbons (Fsp3) is 0.419.